The molecule has 1 amide bonds. The number of hydrogen-bond donors (Lipinski definition) is 0. The first-order valence-corrected chi connectivity index (χ1v) is 5.50. The molecule has 0 saturated heterocycles. The lowest BCUT2D eigenvalue weighted by Crippen LogP contribution is -2.31. The van der Waals surface area contributed by atoms with Gasteiger partial charge < -0.3 is 4.90 Å². The van der Waals surface area contributed by atoms with E-state index >= 15 is 0 Å². The number of benzene rings is 1. The number of carbonyl (C=O) groups is 1. The van der Waals surface area contributed by atoms with Crippen molar-refractivity contribution in [2.45, 2.75) is 13.3 Å². The number of hydrogen-bond acceptors (Lipinski definition) is 1. The molecule has 0 unspecified atom stereocenters. The van der Waals surface area contributed by atoms with Gasteiger partial charge in [-0.2, -0.15) is 0 Å². The summed E-state index contributed by atoms with van der Waals surface area (Å²) in [6, 6.07) is 5.15. The summed E-state index contributed by atoms with van der Waals surface area (Å²) in [7, 11) is 1.37. The Morgan fingerprint density at radius 2 is 2.06 bits per heavy atom. The molecule has 1 rings (SSSR count). The number of halogens is 3. The molecule has 0 bridgehead atoms. The van der Waals surface area contributed by atoms with Crippen molar-refractivity contribution in [1.29, 1.82) is 0 Å². The van der Waals surface area contributed by atoms with E-state index in [2.05, 4.69) is 15.9 Å². The molecule has 1 aromatic rings. The summed E-state index contributed by atoms with van der Waals surface area (Å²) in [6.45, 7) is 1.29. The molecule has 88 valence electrons. The number of nitrogens with zero attached hydrogens (tertiary/aromatic N) is 1. The van der Waals surface area contributed by atoms with Crippen LogP contribution < -0.4 is 0 Å². The minimum absolute atomic E-state index is 0.398. The Balaban J connectivity index is 2.87. The SMILES string of the molecule is Cc1cc(Br)cc(C(=O)N(C)CC(F)F)c1. The van der Waals surface area contributed by atoms with Gasteiger partial charge in [-0.05, 0) is 30.7 Å². The standard InChI is InChI=1S/C11H12BrF2NO/c1-7-3-8(5-9(12)4-7)11(16)15(2)6-10(13)14/h3-5,10H,6H2,1-2H3. The van der Waals surface area contributed by atoms with Crippen molar-refractivity contribution in [2.24, 2.45) is 0 Å². The molecular weight excluding hydrogens is 280 g/mol. The van der Waals surface area contributed by atoms with Crippen LogP contribution in [0, 0.1) is 6.92 Å². The third-order valence-electron chi connectivity index (χ3n) is 2.05. The molecule has 0 aliphatic rings. The fraction of sp³-hybridized carbons (Fsp3) is 0.364. The first-order valence-electron chi connectivity index (χ1n) is 4.71. The maximum Gasteiger partial charge on any atom is 0.255 e. The summed E-state index contributed by atoms with van der Waals surface area (Å²) >= 11 is 3.26. The van der Waals surface area contributed by atoms with Crippen LogP contribution in [0.25, 0.3) is 0 Å². The van der Waals surface area contributed by atoms with Gasteiger partial charge in [0.15, 0.2) is 0 Å². The van der Waals surface area contributed by atoms with Crippen LogP contribution in [0.3, 0.4) is 0 Å². The largest absolute Gasteiger partial charge is 0.336 e. The minimum Gasteiger partial charge on any atom is -0.336 e. The van der Waals surface area contributed by atoms with Gasteiger partial charge in [0.05, 0.1) is 6.54 Å². The van der Waals surface area contributed by atoms with Gasteiger partial charge in [0, 0.05) is 17.1 Å². The normalized spacial score (nSPS) is 10.6. The van der Waals surface area contributed by atoms with Gasteiger partial charge in [0.25, 0.3) is 12.3 Å². The number of amides is 1. The van der Waals surface area contributed by atoms with E-state index in [1.165, 1.54) is 7.05 Å². The van der Waals surface area contributed by atoms with Crippen molar-refractivity contribution in [3.63, 3.8) is 0 Å². The summed E-state index contributed by atoms with van der Waals surface area (Å²) in [4.78, 5) is 12.8. The minimum atomic E-state index is -2.51. The summed E-state index contributed by atoms with van der Waals surface area (Å²) < 4.78 is 25.0. The molecule has 16 heavy (non-hydrogen) atoms. The van der Waals surface area contributed by atoms with Gasteiger partial charge in [-0.3, -0.25) is 4.79 Å². The van der Waals surface area contributed by atoms with Crippen LogP contribution >= 0.6 is 15.9 Å². The number of carbonyl (C=O) groups excluding carboxylic acids is 1. The zero-order valence-corrected chi connectivity index (χ0v) is 10.6. The number of alkyl halides is 2. The smallest absolute Gasteiger partial charge is 0.255 e. The molecule has 0 spiro atoms. The van der Waals surface area contributed by atoms with Gasteiger partial charge in [0.1, 0.15) is 0 Å². The van der Waals surface area contributed by atoms with E-state index in [0.29, 0.717) is 5.56 Å². The summed E-state index contributed by atoms with van der Waals surface area (Å²) in [5.41, 5.74) is 1.32. The van der Waals surface area contributed by atoms with Crippen molar-refractivity contribution in [1.82, 2.24) is 4.90 Å². The van der Waals surface area contributed by atoms with E-state index in [1.54, 1.807) is 12.1 Å². The van der Waals surface area contributed by atoms with Crippen LogP contribution in [0.15, 0.2) is 22.7 Å². The van der Waals surface area contributed by atoms with E-state index in [4.69, 9.17) is 0 Å². The Hall–Kier alpha value is -0.970. The van der Waals surface area contributed by atoms with Crippen molar-refractivity contribution in [2.75, 3.05) is 13.6 Å². The van der Waals surface area contributed by atoms with E-state index in [1.807, 2.05) is 13.0 Å². The van der Waals surface area contributed by atoms with Crippen LogP contribution in [0.1, 0.15) is 15.9 Å². The lowest BCUT2D eigenvalue weighted by Gasteiger charge is -2.16. The Kier molecular flexibility index (Phi) is 4.41. The predicted molar refractivity (Wildman–Crippen MR) is 61.8 cm³/mol. The van der Waals surface area contributed by atoms with Crippen molar-refractivity contribution >= 4 is 21.8 Å². The molecule has 1 aromatic carbocycles. The maximum absolute atomic E-state index is 12.1. The Bertz CT molecular complexity index is 375. The molecule has 0 N–H and O–H groups in total. The number of rotatable bonds is 3. The van der Waals surface area contributed by atoms with E-state index in [-0.39, 0.29) is 0 Å². The Morgan fingerprint density at radius 3 is 2.56 bits per heavy atom. The molecule has 0 atom stereocenters. The highest BCUT2D eigenvalue weighted by Crippen LogP contribution is 2.16. The highest BCUT2D eigenvalue weighted by atomic mass is 79.9. The molecule has 0 aliphatic carbocycles. The second-order valence-electron chi connectivity index (χ2n) is 3.59. The van der Waals surface area contributed by atoms with Crippen molar-refractivity contribution < 1.29 is 13.6 Å². The lowest BCUT2D eigenvalue weighted by molar-refractivity contribution is 0.0620. The molecule has 0 heterocycles. The Morgan fingerprint density at radius 1 is 1.44 bits per heavy atom. The monoisotopic (exact) mass is 291 g/mol. The molecule has 5 heteroatoms. The first-order chi connectivity index (χ1) is 7.40. The molecule has 0 saturated carbocycles. The fourth-order valence-electron chi connectivity index (χ4n) is 1.37. The Labute approximate surface area is 101 Å². The zero-order chi connectivity index (χ0) is 12.3. The topological polar surface area (TPSA) is 20.3 Å². The summed E-state index contributed by atoms with van der Waals surface area (Å²) in [5, 5.41) is 0. The van der Waals surface area contributed by atoms with Gasteiger partial charge in [-0.15, -0.1) is 0 Å². The van der Waals surface area contributed by atoms with E-state index < -0.39 is 18.9 Å². The van der Waals surface area contributed by atoms with Crippen LogP contribution in [-0.4, -0.2) is 30.8 Å². The fourth-order valence-corrected chi connectivity index (χ4v) is 1.98. The zero-order valence-electron chi connectivity index (χ0n) is 9.01. The first kappa shape index (κ1) is 13.1. The second-order valence-corrected chi connectivity index (χ2v) is 4.51. The highest BCUT2D eigenvalue weighted by molar-refractivity contribution is 9.10. The van der Waals surface area contributed by atoms with Crippen LogP contribution in [-0.2, 0) is 0 Å². The van der Waals surface area contributed by atoms with Crippen LogP contribution in [0.4, 0.5) is 8.78 Å². The van der Waals surface area contributed by atoms with E-state index in [0.717, 1.165) is 14.9 Å². The van der Waals surface area contributed by atoms with Gasteiger partial charge in [-0.25, -0.2) is 8.78 Å². The van der Waals surface area contributed by atoms with Crippen molar-refractivity contribution in [3.05, 3.63) is 33.8 Å². The molecular formula is C11H12BrF2NO. The third kappa shape index (κ3) is 3.56. The molecule has 0 aliphatic heterocycles. The van der Waals surface area contributed by atoms with Crippen LogP contribution in [0.2, 0.25) is 0 Å². The third-order valence-corrected chi connectivity index (χ3v) is 2.51. The van der Waals surface area contributed by atoms with Crippen LogP contribution in [0.5, 0.6) is 0 Å². The van der Waals surface area contributed by atoms with Gasteiger partial charge in [0.2, 0.25) is 0 Å². The quantitative estimate of drug-likeness (QED) is 0.838. The lowest BCUT2D eigenvalue weighted by atomic mass is 10.1. The van der Waals surface area contributed by atoms with Gasteiger partial charge in [-0.1, -0.05) is 15.9 Å². The predicted octanol–water partition coefficient (Wildman–Crippen LogP) is 3.09. The second kappa shape index (κ2) is 5.39. The summed E-state index contributed by atoms with van der Waals surface area (Å²) in [6.07, 6.45) is -2.51. The molecule has 0 fully saturated rings. The molecule has 0 aromatic heterocycles. The molecule has 2 nitrogen and oxygen atoms in total. The van der Waals surface area contributed by atoms with Gasteiger partial charge >= 0.3 is 0 Å². The van der Waals surface area contributed by atoms with E-state index in [9.17, 15) is 13.6 Å². The van der Waals surface area contributed by atoms with Crippen molar-refractivity contribution in [3.8, 4) is 0 Å². The maximum atomic E-state index is 12.1. The average molecular weight is 292 g/mol. The number of aryl methyl sites for hydroxylation is 1. The highest BCUT2D eigenvalue weighted by Gasteiger charge is 2.16. The average Bonchev–Trinajstić information content (AvgIpc) is 2.13. The molecule has 0 radical (unpaired) electrons. The summed E-state index contributed by atoms with van der Waals surface area (Å²) in [5.74, 6) is -0.398.